The molecule has 1 fully saturated rings. The van der Waals surface area contributed by atoms with Crippen molar-refractivity contribution in [1.82, 2.24) is 15.5 Å². The third kappa shape index (κ3) is 7.82. The van der Waals surface area contributed by atoms with Crippen molar-refractivity contribution in [2.75, 3.05) is 39.3 Å². The largest absolute Gasteiger partial charge is 0.374 e. The predicted octanol–water partition coefficient (Wildman–Crippen LogP) is 3.19. The van der Waals surface area contributed by atoms with Gasteiger partial charge in [0.05, 0.1) is 12.7 Å². The minimum atomic E-state index is -0.183. The normalized spacial score (nSPS) is 18.4. The first-order valence-electron chi connectivity index (χ1n) is 8.73. The van der Waals surface area contributed by atoms with Gasteiger partial charge in [-0.3, -0.25) is 4.90 Å². The van der Waals surface area contributed by atoms with E-state index in [1.807, 2.05) is 12.1 Å². The van der Waals surface area contributed by atoms with E-state index in [4.69, 9.17) is 27.9 Å². The molecule has 0 bridgehead atoms. The molecule has 0 aliphatic carbocycles. The molecule has 2 rings (SSSR count). The lowest BCUT2D eigenvalue weighted by atomic mass is 10.1. The Labute approximate surface area is 160 Å². The zero-order valence-corrected chi connectivity index (χ0v) is 16.4. The van der Waals surface area contributed by atoms with Gasteiger partial charge in [0.2, 0.25) is 0 Å². The van der Waals surface area contributed by atoms with Crippen LogP contribution in [0.2, 0.25) is 10.0 Å². The maximum atomic E-state index is 11.9. The number of hydrogen-bond donors (Lipinski definition) is 2. The molecule has 2 N–H and O–H groups in total. The number of carbonyl (C=O) groups is 1. The maximum absolute atomic E-state index is 11.9. The lowest BCUT2D eigenvalue weighted by molar-refractivity contribution is -0.0290. The zero-order chi connectivity index (χ0) is 18.2. The number of halogens is 2. The van der Waals surface area contributed by atoms with Gasteiger partial charge in [0.1, 0.15) is 0 Å². The fourth-order valence-electron chi connectivity index (χ4n) is 2.93. The molecule has 1 unspecified atom stereocenters. The van der Waals surface area contributed by atoms with E-state index >= 15 is 0 Å². The van der Waals surface area contributed by atoms with Gasteiger partial charge in [-0.2, -0.15) is 0 Å². The Balaban J connectivity index is 1.65. The highest BCUT2D eigenvalue weighted by Gasteiger charge is 2.21. The Morgan fingerprint density at radius 2 is 2.00 bits per heavy atom. The van der Waals surface area contributed by atoms with Crippen LogP contribution in [-0.2, 0) is 11.2 Å². The second-order valence-corrected chi connectivity index (χ2v) is 7.68. The smallest absolute Gasteiger partial charge is 0.314 e. The summed E-state index contributed by atoms with van der Waals surface area (Å²) in [7, 11) is 0. The monoisotopic (exact) mass is 387 g/mol. The number of nitrogens with one attached hydrogen (secondary N) is 2. The molecular weight excluding hydrogens is 361 g/mol. The van der Waals surface area contributed by atoms with Gasteiger partial charge in [0.15, 0.2) is 0 Å². The molecule has 7 heteroatoms. The van der Waals surface area contributed by atoms with Crippen LogP contribution in [0.4, 0.5) is 4.79 Å². The summed E-state index contributed by atoms with van der Waals surface area (Å²) in [6.07, 6.45) is 0.723. The minimum absolute atomic E-state index is 0.0463. The van der Waals surface area contributed by atoms with Crippen molar-refractivity contribution in [3.8, 4) is 0 Å². The SMILES string of the molecule is CC(C)CN1CCOC(CNC(=O)NCCc2cc(Cl)cc(Cl)c2)C1. The van der Waals surface area contributed by atoms with Gasteiger partial charge in [-0.05, 0) is 36.1 Å². The summed E-state index contributed by atoms with van der Waals surface area (Å²) in [6.45, 7) is 9.07. The molecule has 0 spiro atoms. The van der Waals surface area contributed by atoms with Crippen molar-refractivity contribution in [2.45, 2.75) is 26.4 Å². The third-order valence-electron chi connectivity index (χ3n) is 3.96. The average molecular weight is 388 g/mol. The number of benzene rings is 1. The summed E-state index contributed by atoms with van der Waals surface area (Å²) in [5.74, 6) is 0.634. The number of carbonyl (C=O) groups excluding carboxylic acids is 1. The Kier molecular flexibility index (Phi) is 8.30. The van der Waals surface area contributed by atoms with E-state index in [0.29, 0.717) is 35.5 Å². The summed E-state index contributed by atoms with van der Waals surface area (Å²) >= 11 is 11.9. The summed E-state index contributed by atoms with van der Waals surface area (Å²) in [4.78, 5) is 14.3. The summed E-state index contributed by atoms with van der Waals surface area (Å²) < 4.78 is 5.73. The lowest BCUT2D eigenvalue weighted by Gasteiger charge is -2.33. The third-order valence-corrected chi connectivity index (χ3v) is 4.39. The first-order chi connectivity index (χ1) is 11.9. The standard InChI is InChI=1S/C18H27Cl2N3O2/c1-13(2)11-23-5-6-25-17(12-23)10-22-18(24)21-4-3-14-7-15(19)9-16(20)8-14/h7-9,13,17H,3-6,10-12H2,1-2H3,(H2,21,22,24). The number of hydrogen-bond acceptors (Lipinski definition) is 3. The van der Waals surface area contributed by atoms with Gasteiger partial charge in [0, 0.05) is 42.8 Å². The van der Waals surface area contributed by atoms with Gasteiger partial charge >= 0.3 is 6.03 Å². The molecule has 1 heterocycles. The van der Waals surface area contributed by atoms with Crippen LogP contribution in [0.3, 0.4) is 0 Å². The maximum Gasteiger partial charge on any atom is 0.314 e. The van der Waals surface area contributed by atoms with E-state index in [9.17, 15) is 4.79 Å². The number of rotatable bonds is 7. The van der Waals surface area contributed by atoms with Crippen molar-refractivity contribution in [2.24, 2.45) is 5.92 Å². The number of ether oxygens (including phenoxy) is 1. The van der Waals surface area contributed by atoms with E-state index in [1.165, 1.54) is 0 Å². The van der Waals surface area contributed by atoms with Crippen molar-refractivity contribution in [3.05, 3.63) is 33.8 Å². The van der Waals surface area contributed by atoms with Crippen LogP contribution in [0, 0.1) is 5.92 Å². The second-order valence-electron chi connectivity index (χ2n) is 6.81. The van der Waals surface area contributed by atoms with E-state index < -0.39 is 0 Å². The highest BCUT2D eigenvalue weighted by molar-refractivity contribution is 6.34. The van der Waals surface area contributed by atoms with Gasteiger partial charge in [-0.1, -0.05) is 37.0 Å². The number of urea groups is 1. The topological polar surface area (TPSA) is 53.6 Å². The van der Waals surface area contributed by atoms with Crippen molar-refractivity contribution in [1.29, 1.82) is 0 Å². The van der Waals surface area contributed by atoms with Crippen LogP contribution in [0.25, 0.3) is 0 Å². The van der Waals surface area contributed by atoms with Gasteiger partial charge in [0.25, 0.3) is 0 Å². The highest BCUT2D eigenvalue weighted by Crippen LogP contribution is 2.19. The minimum Gasteiger partial charge on any atom is -0.374 e. The molecule has 140 valence electrons. The van der Waals surface area contributed by atoms with Crippen molar-refractivity contribution < 1.29 is 9.53 Å². The molecule has 0 radical (unpaired) electrons. The summed E-state index contributed by atoms with van der Waals surface area (Å²) in [5, 5.41) is 6.94. The van der Waals surface area contributed by atoms with E-state index in [1.54, 1.807) is 6.07 Å². The van der Waals surface area contributed by atoms with Gasteiger partial charge in [-0.15, -0.1) is 0 Å². The molecule has 25 heavy (non-hydrogen) atoms. The van der Waals surface area contributed by atoms with Gasteiger partial charge in [-0.25, -0.2) is 4.79 Å². The number of nitrogens with zero attached hydrogens (tertiary/aromatic N) is 1. The Hall–Kier alpha value is -1.01. The second kappa shape index (κ2) is 10.2. The van der Waals surface area contributed by atoms with Crippen LogP contribution < -0.4 is 10.6 Å². The molecule has 1 saturated heterocycles. The molecule has 5 nitrogen and oxygen atoms in total. The molecule has 1 aromatic carbocycles. The van der Waals surface area contributed by atoms with Crippen LogP contribution in [-0.4, -0.2) is 56.4 Å². The van der Waals surface area contributed by atoms with E-state index in [-0.39, 0.29) is 12.1 Å². The van der Waals surface area contributed by atoms with E-state index in [2.05, 4.69) is 29.4 Å². The Morgan fingerprint density at radius 1 is 1.28 bits per heavy atom. The quantitative estimate of drug-likeness (QED) is 0.755. The fourth-order valence-corrected chi connectivity index (χ4v) is 3.50. The van der Waals surface area contributed by atoms with Crippen LogP contribution in [0.5, 0.6) is 0 Å². The van der Waals surface area contributed by atoms with Crippen LogP contribution in [0.15, 0.2) is 18.2 Å². The fraction of sp³-hybridized carbons (Fsp3) is 0.611. The highest BCUT2D eigenvalue weighted by atomic mass is 35.5. The molecular formula is C18H27Cl2N3O2. The first kappa shape index (κ1) is 20.3. The Morgan fingerprint density at radius 3 is 2.68 bits per heavy atom. The number of morpholine rings is 1. The molecule has 1 aromatic rings. The number of amides is 2. The zero-order valence-electron chi connectivity index (χ0n) is 14.9. The van der Waals surface area contributed by atoms with Gasteiger partial charge < -0.3 is 15.4 Å². The molecule has 0 aromatic heterocycles. The van der Waals surface area contributed by atoms with E-state index in [0.717, 1.165) is 31.8 Å². The molecule has 1 aliphatic heterocycles. The van der Waals surface area contributed by atoms with Crippen molar-refractivity contribution >= 4 is 29.2 Å². The molecule has 1 atom stereocenters. The average Bonchev–Trinajstić information content (AvgIpc) is 2.52. The lowest BCUT2D eigenvalue weighted by Crippen LogP contribution is -2.49. The molecule has 0 saturated carbocycles. The van der Waals surface area contributed by atoms with Crippen molar-refractivity contribution in [3.63, 3.8) is 0 Å². The predicted molar refractivity (Wildman–Crippen MR) is 103 cm³/mol. The molecule has 2 amide bonds. The van der Waals surface area contributed by atoms with Crippen LogP contribution in [0.1, 0.15) is 19.4 Å². The first-order valence-corrected chi connectivity index (χ1v) is 9.48. The Bertz CT molecular complexity index is 549. The van der Waals surface area contributed by atoms with Crippen LogP contribution >= 0.6 is 23.2 Å². The summed E-state index contributed by atoms with van der Waals surface area (Å²) in [6, 6.07) is 5.22. The molecule has 1 aliphatic rings. The summed E-state index contributed by atoms with van der Waals surface area (Å²) in [5.41, 5.74) is 0.998.